The minimum Gasteiger partial charge on any atom is -0.394 e. The van der Waals surface area contributed by atoms with Crippen molar-refractivity contribution in [2.45, 2.75) is 19.9 Å². The van der Waals surface area contributed by atoms with Gasteiger partial charge in [-0.05, 0) is 20.9 Å². The lowest BCUT2D eigenvalue weighted by Gasteiger charge is -2.38. The van der Waals surface area contributed by atoms with Crippen LogP contribution in [0.1, 0.15) is 12.6 Å². The van der Waals surface area contributed by atoms with Crippen LogP contribution in [-0.4, -0.2) is 47.4 Å². The van der Waals surface area contributed by atoms with Gasteiger partial charge < -0.3 is 15.5 Å². The smallest absolute Gasteiger partial charge is 0.150 e. The Bertz CT molecular complexity index is 384. The number of hydrogen-bond donors (Lipinski definition) is 1. The molecule has 2 rings (SSSR count). The number of nitrogens with zero attached hydrogens (tertiary/aromatic N) is 4. The summed E-state index contributed by atoms with van der Waals surface area (Å²) in [6.45, 7) is 7.30. The van der Waals surface area contributed by atoms with Crippen molar-refractivity contribution < 1.29 is 0 Å². The fourth-order valence-electron chi connectivity index (χ4n) is 2.28. The first-order valence-corrected chi connectivity index (χ1v) is 5.75. The molecule has 0 amide bonds. The monoisotopic (exact) mass is 223 g/mol. The Hall–Kier alpha value is -1.23. The van der Waals surface area contributed by atoms with Crippen molar-refractivity contribution in [3.8, 4) is 0 Å². The molecular formula is C11H21N5. The highest BCUT2D eigenvalue weighted by atomic mass is 15.4. The van der Waals surface area contributed by atoms with Crippen LogP contribution >= 0.6 is 0 Å². The van der Waals surface area contributed by atoms with Crippen LogP contribution in [0.2, 0.25) is 0 Å². The molecule has 1 aromatic heterocycles. The van der Waals surface area contributed by atoms with E-state index in [1.54, 1.807) is 0 Å². The molecule has 1 fully saturated rings. The quantitative estimate of drug-likeness (QED) is 0.751. The second-order valence-electron chi connectivity index (χ2n) is 4.72. The third-order valence-corrected chi connectivity index (χ3v) is 3.50. The summed E-state index contributed by atoms with van der Waals surface area (Å²) >= 11 is 0. The van der Waals surface area contributed by atoms with Gasteiger partial charge in [-0.25, -0.2) is 0 Å². The number of anilines is 2. The van der Waals surface area contributed by atoms with Crippen molar-refractivity contribution in [1.82, 2.24) is 14.7 Å². The summed E-state index contributed by atoms with van der Waals surface area (Å²) in [5.74, 6) is 1.07. The summed E-state index contributed by atoms with van der Waals surface area (Å²) in [7, 11) is 4.13. The third kappa shape index (κ3) is 1.75. The number of aromatic nitrogens is 2. The second-order valence-corrected chi connectivity index (χ2v) is 4.72. The van der Waals surface area contributed by atoms with Crippen LogP contribution in [0, 0.1) is 6.92 Å². The maximum atomic E-state index is 6.08. The topological polar surface area (TPSA) is 50.3 Å². The van der Waals surface area contributed by atoms with Gasteiger partial charge >= 0.3 is 0 Å². The predicted octanol–water partition coefficient (Wildman–Crippen LogP) is 0.451. The van der Waals surface area contributed by atoms with Crippen molar-refractivity contribution in [3.63, 3.8) is 0 Å². The predicted molar refractivity (Wildman–Crippen MR) is 66.7 cm³/mol. The highest BCUT2D eigenvalue weighted by Gasteiger charge is 2.25. The zero-order chi connectivity index (χ0) is 11.9. The first kappa shape index (κ1) is 11.3. The number of nitrogen functional groups attached to an aromatic ring is 1. The van der Waals surface area contributed by atoms with E-state index < -0.39 is 0 Å². The molecule has 90 valence electrons. The Morgan fingerprint density at radius 3 is 2.50 bits per heavy atom. The highest BCUT2D eigenvalue weighted by molar-refractivity contribution is 5.66. The van der Waals surface area contributed by atoms with Gasteiger partial charge in [0.1, 0.15) is 5.82 Å². The maximum absolute atomic E-state index is 6.08. The molecule has 1 unspecified atom stereocenters. The average Bonchev–Trinajstić information content (AvgIpc) is 2.47. The van der Waals surface area contributed by atoms with E-state index in [1.165, 1.54) is 0 Å². The minimum absolute atomic E-state index is 0.559. The Balaban J connectivity index is 2.25. The number of likely N-dealkylation sites (N-methyl/N-ethyl adjacent to an activating group) is 1. The first-order chi connectivity index (χ1) is 7.50. The lowest BCUT2D eigenvalue weighted by atomic mass is 10.2. The van der Waals surface area contributed by atoms with E-state index in [2.05, 4.69) is 28.9 Å². The molecule has 16 heavy (non-hydrogen) atoms. The lowest BCUT2D eigenvalue weighted by Crippen LogP contribution is -2.50. The lowest BCUT2D eigenvalue weighted by molar-refractivity contribution is 0.233. The van der Waals surface area contributed by atoms with Gasteiger partial charge in [-0.3, -0.25) is 4.68 Å². The maximum Gasteiger partial charge on any atom is 0.150 e. The molecule has 5 heteroatoms. The molecule has 1 aliphatic heterocycles. The van der Waals surface area contributed by atoms with Gasteiger partial charge in [-0.2, -0.15) is 5.10 Å². The molecule has 1 aromatic rings. The Morgan fingerprint density at radius 1 is 1.31 bits per heavy atom. The van der Waals surface area contributed by atoms with Crippen LogP contribution in [0.4, 0.5) is 11.5 Å². The van der Waals surface area contributed by atoms with Crippen LogP contribution in [0.15, 0.2) is 0 Å². The van der Waals surface area contributed by atoms with Gasteiger partial charge in [0.15, 0.2) is 0 Å². The van der Waals surface area contributed by atoms with Crippen molar-refractivity contribution in [2.24, 2.45) is 7.05 Å². The summed E-state index contributed by atoms with van der Waals surface area (Å²) < 4.78 is 1.89. The standard InChI is InChI=1S/C11H21N5/c1-8-7-16(6-5-14(8)3)11-10(12)9(2)13-15(11)4/h8H,5-7,12H2,1-4H3. The van der Waals surface area contributed by atoms with E-state index in [0.29, 0.717) is 6.04 Å². The van der Waals surface area contributed by atoms with Crippen LogP contribution in [0.3, 0.4) is 0 Å². The van der Waals surface area contributed by atoms with Gasteiger partial charge in [-0.15, -0.1) is 0 Å². The van der Waals surface area contributed by atoms with Crippen LogP contribution in [0.25, 0.3) is 0 Å². The molecule has 1 atom stereocenters. The van der Waals surface area contributed by atoms with Gasteiger partial charge in [0.25, 0.3) is 0 Å². The molecule has 2 N–H and O–H groups in total. The van der Waals surface area contributed by atoms with Gasteiger partial charge in [-0.1, -0.05) is 0 Å². The molecular weight excluding hydrogens is 202 g/mol. The van der Waals surface area contributed by atoms with Gasteiger partial charge in [0.05, 0.1) is 11.4 Å². The highest BCUT2D eigenvalue weighted by Crippen LogP contribution is 2.27. The average molecular weight is 223 g/mol. The fourth-order valence-corrected chi connectivity index (χ4v) is 2.28. The van der Waals surface area contributed by atoms with E-state index in [9.17, 15) is 0 Å². The molecule has 1 saturated heterocycles. The third-order valence-electron chi connectivity index (χ3n) is 3.50. The largest absolute Gasteiger partial charge is 0.394 e. The second kappa shape index (κ2) is 3.97. The van der Waals surface area contributed by atoms with Crippen molar-refractivity contribution >= 4 is 11.5 Å². The fraction of sp³-hybridized carbons (Fsp3) is 0.727. The van der Waals surface area contributed by atoms with Crippen LogP contribution in [0.5, 0.6) is 0 Å². The van der Waals surface area contributed by atoms with E-state index >= 15 is 0 Å². The normalized spacial score (nSPS) is 22.8. The number of hydrogen-bond acceptors (Lipinski definition) is 4. The van der Waals surface area contributed by atoms with E-state index in [0.717, 1.165) is 36.8 Å². The van der Waals surface area contributed by atoms with Crippen LogP contribution < -0.4 is 10.6 Å². The Labute approximate surface area is 96.8 Å². The molecule has 1 aliphatic rings. The summed E-state index contributed by atoms with van der Waals surface area (Å²) in [6, 6.07) is 0.559. The van der Waals surface area contributed by atoms with E-state index in [-0.39, 0.29) is 0 Å². The van der Waals surface area contributed by atoms with E-state index in [4.69, 9.17) is 5.73 Å². The summed E-state index contributed by atoms with van der Waals surface area (Å²) in [5.41, 5.74) is 7.81. The van der Waals surface area contributed by atoms with Crippen LogP contribution in [-0.2, 0) is 7.05 Å². The Kier molecular flexibility index (Phi) is 2.80. The molecule has 5 nitrogen and oxygen atoms in total. The molecule has 0 radical (unpaired) electrons. The molecule has 0 saturated carbocycles. The Morgan fingerprint density at radius 2 is 2.00 bits per heavy atom. The zero-order valence-corrected chi connectivity index (χ0v) is 10.6. The number of piperazine rings is 1. The van der Waals surface area contributed by atoms with E-state index in [1.807, 2.05) is 18.7 Å². The molecule has 0 spiro atoms. The molecule has 0 aliphatic carbocycles. The number of rotatable bonds is 1. The summed E-state index contributed by atoms with van der Waals surface area (Å²) in [5, 5.41) is 4.37. The van der Waals surface area contributed by atoms with Gasteiger partial charge in [0, 0.05) is 32.7 Å². The SMILES string of the molecule is Cc1nn(C)c(N2CCN(C)C(C)C2)c1N. The number of aryl methyl sites for hydroxylation is 2. The van der Waals surface area contributed by atoms with Crippen molar-refractivity contribution in [2.75, 3.05) is 37.3 Å². The van der Waals surface area contributed by atoms with Gasteiger partial charge in [0.2, 0.25) is 0 Å². The first-order valence-electron chi connectivity index (χ1n) is 5.75. The molecule has 2 heterocycles. The summed E-state index contributed by atoms with van der Waals surface area (Å²) in [6.07, 6.45) is 0. The minimum atomic E-state index is 0.559. The molecule has 0 bridgehead atoms. The molecule has 0 aromatic carbocycles. The van der Waals surface area contributed by atoms with Crippen molar-refractivity contribution in [3.05, 3.63) is 5.69 Å². The zero-order valence-electron chi connectivity index (χ0n) is 10.6. The summed E-state index contributed by atoms with van der Waals surface area (Å²) in [4.78, 5) is 4.70. The number of nitrogens with two attached hydrogens (primary N) is 1. The van der Waals surface area contributed by atoms with Crippen molar-refractivity contribution in [1.29, 1.82) is 0 Å².